The van der Waals surface area contributed by atoms with Gasteiger partial charge in [0, 0.05) is 5.56 Å². The van der Waals surface area contributed by atoms with E-state index in [0.717, 1.165) is 15.4 Å². The maximum atomic E-state index is 15.0. The van der Waals surface area contributed by atoms with E-state index in [0.29, 0.717) is 5.56 Å². The average Bonchev–Trinajstić information content (AvgIpc) is 2.78. The van der Waals surface area contributed by atoms with Crippen molar-refractivity contribution >= 4 is 16.0 Å². The van der Waals surface area contributed by atoms with Crippen LogP contribution in [-0.4, -0.2) is 23.8 Å². The molecule has 3 aromatic carbocycles. The Morgan fingerprint density at radius 1 is 0.970 bits per heavy atom. The van der Waals surface area contributed by atoms with Crippen LogP contribution in [0, 0.1) is 19.7 Å². The van der Waals surface area contributed by atoms with E-state index in [2.05, 4.69) is 0 Å². The second kappa shape index (κ2) is 8.92. The number of carboxylic acids is 1. The maximum Gasteiger partial charge on any atom is 0.333 e. The summed E-state index contributed by atoms with van der Waals surface area (Å²) in [6, 6.07) is 17.5. The van der Waals surface area contributed by atoms with Crippen molar-refractivity contribution < 1.29 is 22.7 Å². The predicted molar refractivity (Wildman–Crippen MR) is 124 cm³/mol. The molecule has 0 fully saturated rings. The van der Waals surface area contributed by atoms with Gasteiger partial charge >= 0.3 is 5.97 Å². The van der Waals surface area contributed by atoms with Crippen LogP contribution in [0.25, 0.3) is 0 Å². The molecule has 0 spiro atoms. The highest BCUT2D eigenvalue weighted by Crippen LogP contribution is 2.46. The van der Waals surface area contributed by atoms with Crippen LogP contribution in [0.4, 0.5) is 4.39 Å². The molecule has 0 aromatic heterocycles. The summed E-state index contributed by atoms with van der Waals surface area (Å²) in [6.45, 7) is 3.75. The van der Waals surface area contributed by atoms with Gasteiger partial charge in [-0.25, -0.2) is 17.6 Å². The number of halogens is 1. The number of nitrogens with zero attached hydrogens (tertiary/aromatic N) is 1. The molecule has 7 heteroatoms. The van der Waals surface area contributed by atoms with Crippen LogP contribution in [0.5, 0.6) is 0 Å². The molecule has 1 aliphatic rings. The molecule has 0 saturated carbocycles. The molecular formula is C26H24FNO4S. The Bertz CT molecular complexity index is 1330. The van der Waals surface area contributed by atoms with Crippen molar-refractivity contribution in [3.05, 3.63) is 113 Å². The van der Waals surface area contributed by atoms with Gasteiger partial charge in [-0.1, -0.05) is 71.8 Å². The first kappa shape index (κ1) is 22.9. The molecule has 2 atom stereocenters. The first-order valence-corrected chi connectivity index (χ1v) is 12.0. The number of carbonyl (C=O) groups is 1. The fraction of sp³-hybridized carbons (Fsp3) is 0.192. The van der Waals surface area contributed by atoms with E-state index in [1.54, 1.807) is 18.2 Å². The van der Waals surface area contributed by atoms with Crippen LogP contribution in [0.1, 0.15) is 40.8 Å². The van der Waals surface area contributed by atoms with Gasteiger partial charge in [0.05, 0.1) is 22.6 Å². The predicted octanol–water partition coefficient (Wildman–Crippen LogP) is 5.33. The smallest absolute Gasteiger partial charge is 0.333 e. The minimum Gasteiger partial charge on any atom is -0.478 e. The highest BCUT2D eigenvalue weighted by atomic mass is 32.2. The Morgan fingerprint density at radius 3 is 2.30 bits per heavy atom. The standard InChI is InChI=1S/C26H24FNO4S/c1-17-10-12-20(13-11-17)33(31,32)28-24(19-7-5-6-18(2)16-19)15-14-22(26(29)30)25(28)21-8-3-4-9-23(21)27/h3-14,16,24-25H,15H2,1-2H3,(H,29,30)/t24-,25-/m0/s1. The number of rotatable bonds is 5. The number of benzene rings is 3. The van der Waals surface area contributed by atoms with Gasteiger partial charge in [-0.05, 0) is 44.0 Å². The van der Waals surface area contributed by atoms with Gasteiger partial charge < -0.3 is 5.11 Å². The zero-order valence-electron chi connectivity index (χ0n) is 18.3. The fourth-order valence-electron chi connectivity index (χ4n) is 4.28. The molecule has 33 heavy (non-hydrogen) atoms. The van der Waals surface area contributed by atoms with E-state index in [1.807, 2.05) is 38.1 Å². The maximum absolute atomic E-state index is 15.0. The molecule has 5 nitrogen and oxygen atoms in total. The third kappa shape index (κ3) is 4.34. The number of aliphatic carboxylic acids is 1. The highest BCUT2D eigenvalue weighted by Gasteiger charge is 2.45. The molecule has 0 radical (unpaired) electrons. The van der Waals surface area contributed by atoms with Gasteiger partial charge in [-0.15, -0.1) is 0 Å². The molecule has 4 rings (SSSR count). The van der Waals surface area contributed by atoms with Gasteiger partial charge in [0.25, 0.3) is 0 Å². The van der Waals surface area contributed by atoms with Crippen molar-refractivity contribution in [2.75, 3.05) is 0 Å². The number of aryl methyl sites for hydroxylation is 2. The van der Waals surface area contributed by atoms with Crippen molar-refractivity contribution in [1.29, 1.82) is 0 Å². The first-order valence-electron chi connectivity index (χ1n) is 10.5. The highest BCUT2D eigenvalue weighted by molar-refractivity contribution is 7.89. The number of hydrogen-bond donors (Lipinski definition) is 1. The fourth-order valence-corrected chi connectivity index (χ4v) is 6.05. The second-order valence-electron chi connectivity index (χ2n) is 8.20. The van der Waals surface area contributed by atoms with Crippen molar-refractivity contribution in [2.24, 2.45) is 0 Å². The van der Waals surface area contributed by atoms with Crippen LogP contribution in [-0.2, 0) is 14.8 Å². The normalized spacial score (nSPS) is 19.2. The van der Waals surface area contributed by atoms with E-state index < -0.39 is 33.9 Å². The van der Waals surface area contributed by atoms with Gasteiger partial charge in [0.2, 0.25) is 10.0 Å². The summed E-state index contributed by atoms with van der Waals surface area (Å²) in [5.74, 6) is -1.95. The first-order chi connectivity index (χ1) is 15.7. The quantitative estimate of drug-likeness (QED) is 0.553. The molecule has 170 valence electrons. The molecule has 0 amide bonds. The third-order valence-corrected chi connectivity index (χ3v) is 7.78. The van der Waals surface area contributed by atoms with Crippen LogP contribution in [0.15, 0.2) is 89.3 Å². The summed E-state index contributed by atoms with van der Waals surface area (Å²) in [6.07, 6.45) is 1.66. The summed E-state index contributed by atoms with van der Waals surface area (Å²) in [7, 11) is -4.21. The Morgan fingerprint density at radius 2 is 1.67 bits per heavy atom. The SMILES string of the molecule is Cc1ccc(S(=O)(=O)N2[C@@H](c3ccccc3F)C(C(=O)O)=CC[C@H]2c2cccc(C)c2)cc1. The second-order valence-corrected chi connectivity index (χ2v) is 10.0. The summed E-state index contributed by atoms with van der Waals surface area (Å²) >= 11 is 0. The summed E-state index contributed by atoms with van der Waals surface area (Å²) in [5.41, 5.74) is 2.38. The Labute approximate surface area is 192 Å². The molecule has 1 heterocycles. The Balaban J connectivity index is 2.00. The molecule has 1 N–H and O–H groups in total. The van der Waals surface area contributed by atoms with Gasteiger partial charge in [-0.3, -0.25) is 0 Å². The number of hydrogen-bond acceptors (Lipinski definition) is 3. The Hall–Kier alpha value is -3.29. The van der Waals surface area contributed by atoms with Crippen molar-refractivity contribution in [3.63, 3.8) is 0 Å². The van der Waals surface area contributed by atoms with Crippen molar-refractivity contribution in [1.82, 2.24) is 4.31 Å². The molecule has 0 saturated heterocycles. The van der Waals surface area contributed by atoms with E-state index in [1.165, 1.54) is 36.4 Å². The van der Waals surface area contributed by atoms with E-state index >= 15 is 0 Å². The zero-order valence-corrected chi connectivity index (χ0v) is 19.1. The van der Waals surface area contributed by atoms with Crippen LogP contribution >= 0.6 is 0 Å². The monoisotopic (exact) mass is 465 g/mol. The largest absolute Gasteiger partial charge is 0.478 e. The third-order valence-electron chi connectivity index (χ3n) is 5.89. The molecule has 3 aromatic rings. The average molecular weight is 466 g/mol. The van der Waals surface area contributed by atoms with Crippen molar-refractivity contribution in [2.45, 2.75) is 37.2 Å². The number of sulfonamides is 1. The summed E-state index contributed by atoms with van der Waals surface area (Å²) < 4.78 is 44.2. The van der Waals surface area contributed by atoms with Gasteiger partial charge in [-0.2, -0.15) is 4.31 Å². The van der Waals surface area contributed by atoms with Gasteiger partial charge in [0.15, 0.2) is 0 Å². The minimum absolute atomic E-state index is 0.000750. The number of carboxylic acid groups (broad SMARTS) is 1. The van der Waals surface area contributed by atoms with Crippen LogP contribution < -0.4 is 0 Å². The summed E-state index contributed by atoms with van der Waals surface area (Å²) in [4.78, 5) is 12.2. The molecule has 1 aliphatic heterocycles. The lowest BCUT2D eigenvalue weighted by molar-refractivity contribution is -0.133. The van der Waals surface area contributed by atoms with E-state index in [9.17, 15) is 22.7 Å². The molecule has 0 bridgehead atoms. The van der Waals surface area contributed by atoms with E-state index in [4.69, 9.17) is 0 Å². The lowest BCUT2D eigenvalue weighted by Crippen LogP contribution is -2.42. The van der Waals surface area contributed by atoms with E-state index in [-0.39, 0.29) is 22.5 Å². The Kier molecular flexibility index (Phi) is 6.19. The van der Waals surface area contributed by atoms with Crippen LogP contribution in [0.3, 0.4) is 0 Å². The van der Waals surface area contributed by atoms with Crippen molar-refractivity contribution in [3.8, 4) is 0 Å². The summed E-state index contributed by atoms with van der Waals surface area (Å²) in [5, 5.41) is 9.94. The lowest BCUT2D eigenvalue weighted by atomic mass is 9.89. The molecule has 0 unspecified atom stereocenters. The topological polar surface area (TPSA) is 74.7 Å². The lowest BCUT2D eigenvalue weighted by Gasteiger charge is -2.40. The van der Waals surface area contributed by atoms with Gasteiger partial charge in [0.1, 0.15) is 5.82 Å². The minimum atomic E-state index is -4.21. The van der Waals surface area contributed by atoms with Crippen LogP contribution in [0.2, 0.25) is 0 Å². The molecule has 0 aliphatic carbocycles. The zero-order chi connectivity index (χ0) is 23.8. The molecular weight excluding hydrogens is 441 g/mol.